The molecule has 5 rings (SSSR count). The van der Waals surface area contributed by atoms with Crippen LogP contribution in [-0.4, -0.2) is 83.9 Å². The van der Waals surface area contributed by atoms with Crippen molar-refractivity contribution in [2.24, 2.45) is 0 Å². The van der Waals surface area contributed by atoms with Crippen LogP contribution in [-0.2, 0) is 4.74 Å². The van der Waals surface area contributed by atoms with Gasteiger partial charge in [0.25, 0.3) is 0 Å². The molecular weight excluding hydrogens is 368 g/mol. The van der Waals surface area contributed by atoms with Crippen LogP contribution in [0.1, 0.15) is 0 Å². The van der Waals surface area contributed by atoms with E-state index in [0.717, 1.165) is 67.8 Å². The number of aromatic nitrogens is 3. The number of para-hydroxylation sites is 1. The van der Waals surface area contributed by atoms with Gasteiger partial charge < -0.3 is 24.5 Å². The fourth-order valence-corrected chi connectivity index (χ4v) is 4.04. The number of phenols is 1. The Morgan fingerprint density at radius 2 is 1.72 bits per heavy atom. The van der Waals surface area contributed by atoms with Crippen LogP contribution >= 0.6 is 0 Å². The molecule has 8 nitrogen and oxygen atoms in total. The zero-order chi connectivity index (χ0) is 19.8. The average Bonchev–Trinajstić information content (AvgIpc) is 3.18. The highest BCUT2D eigenvalue weighted by Gasteiger charge is 2.23. The van der Waals surface area contributed by atoms with Gasteiger partial charge in [-0.3, -0.25) is 4.40 Å². The summed E-state index contributed by atoms with van der Waals surface area (Å²) < 4.78 is 7.66. The third-order valence-electron chi connectivity index (χ3n) is 5.77. The zero-order valence-electron chi connectivity index (χ0n) is 16.7. The van der Waals surface area contributed by atoms with Crippen LogP contribution in [0.15, 0.2) is 36.7 Å². The maximum atomic E-state index is 10.4. The van der Waals surface area contributed by atoms with E-state index in [1.807, 2.05) is 30.6 Å². The minimum absolute atomic E-state index is 0.230. The van der Waals surface area contributed by atoms with Crippen molar-refractivity contribution in [1.82, 2.24) is 19.3 Å². The quantitative estimate of drug-likeness (QED) is 0.725. The Morgan fingerprint density at radius 1 is 0.966 bits per heavy atom. The normalized spacial score (nSPS) is 18.5. The molecule has 2 saturated heterocycles. The molecule has 1 aromatic carbocycles. The van der Waals surface area contributed by atoms with Crippen molar-refractivity contribution in [3.63, 3.8) is 0 Å². The van der Waals surface area contributed by atoms with Gasteiger partial charge in [0.15, 0.2) is 11.5 Å². The highest BCUT2D eigenvalue weighted by molar-refractivity contribution is 5.75. The molecule has 2 aliphatic heterocycles. The summed E-state index contributed by atoms with van der Waals surface area (Å²) in [4.78, 5) is 16.6. The fourth-order valence-electron chi connectivity index (χ4n) is 4.04. The molecule has 0 amide bonds. The highest BCUT2D eigenvalue weighted by atomic mass is 16.5. The predicted octanol–water partition coefficient (Wildman–Crippen LogP) is 1.69. The number of likely N-dealkylation sites (N-methyl/N-ethyl adjacent to an activating group) is 1. The van der Waals surface area contributed by atoms with E-state index in [-0.39, 0.29) is 5.75 Å². The molecule has 0 bridgehead atoms. The van der Waals surface area contributed by atoms with Crippen LogP contribution in [0.2, 0.25) is 0 Å². The molecular formula is C21H26N6O2. The summed E-state index contributed by atoms with van der Waals surface area (Å²) in [5, 5.41) is 10.4. The first kappa shape index (κ1) is 18.2. The van der Waals surface area contributed by atoms with Crippen LogP contribution in [0, 0.1) is 0 Å². The summed E-state index contributed by atoms with van der Waals surface area (Å²) in [6, 6.07) is 7.35. The van der Waals surface area contributed by atoms with Crippen molar-refractivity contribution < 1.29 is 9.84 Å². The lowest BCUT2D eigenvalue weighted by Gasteiger charge is -2.33. The first-order valence-corrected chi connectivity index (χ1v) is 10.1. The monoisotopic (exact) mass is 394 g/mol. The lowest BCUT2D eigenvalue weighted by Crippen LogP contribution is -2.45. The molecule has 0 saturated carbocycles. The van der Waals surface area contributed by atoms with E-state index >= 15 is 0 Å². The minimum Gasteiger partial charge on any atom is -0.507 e. The standard InChI is InChI=1S/C21H26N6O2/c1-24-6-8-25(9-7-24)19-14-22-20-21(26-10-12-29-13-11-26)23-17(15-27(19)20)16-4-2-3-5-18(16)28/h2-5,14-15,28H,6-13H2,1H3. The van der Waals surface area contributed by atoms with E-state index < -0.39 is 0 Å². The SMILES string of the molecule is CN1CCN(c2cnc3c(N4CCOCC4)nc(-c4ccccc4O)cn23)CC1. The van der Waals surface area contributed by atoms with Crippen LogP contribution in [0.25, 0.3) is 16.9 Å². The number of anilines is 2. The highest BCUT2D eigenvalue weighted by Crippen LogP contribution is 2.32. The van der Waals surface area contributed by atoms with Crippen molar-refractivity contribution in [1.29, 1.82) is 0 Å². The van der Waals surface area contributed by atoms with Crippen LogP contribution in [0.4, 0.5) is 11.6 Å². The number of nitrogens with zero attached hydrogens (tertiary/aromatic N) is 6. The van der Waals surface area contributed by atoms with Gasteiger partial charge in [0.05, 0.1) is 25.1 Å². The van der Waals surface area contributed by atoms with Crippen molar-refractivity contribution in [2.75, 3.05) is 69.3 Å². The van der Waals surface area contributed by atoms with Crippen molar-refractivity contribution >= 4 is 17.3 Å². The number of rotatable bonds is 3. The van der Waals surface area contributed by atoms with Crippen molar-refractivity contribution in [3.8, 4) is 17.0 Å². The smallest absolute Gasteiger partial charge is 0.181 e. The lowest BCUT2D eigenvalue weighted by atomic mass is 10.1. The number of phenolic OH excluding ortho intramolecular Hbond substituents is 1. The van der Waals surface area contributed by atoms with Crippen molar-refractivity contribution in [2.45, 2.75) is 0 Å². The Hall–Kier alpha value is -2.84. The summed E-state index contributed by atoms with van der Waals surface area (Å²) in [5.41, 5.74) is 2.31. The summed E-state index contributed by atoms with van der Waals surface area (Å²) in [6.07, 6.45) is 3.94. The number of morpholine rings is 1. The number of piperazine rings is 1. The van der Waals surface area contributed by atoms with Crippen LogP contribution < -0.4 is 9.80 Å². The number of aromatic hydroxyl groups is 1. The Bertz CT molecular complexity index is 1010. The van der Waals surface area contributed by atoms with Gasteiger partial charge in [0, 0.05) is 51.0 Å². The molecule has 1 N–H and O–H groups in total. The van der Waals surface area contributed by atoms with E-state index in [2.05, 4.69) is 26.1 Å². The Morgan fingerprint density at radius 3 is 2.48 bits per heavy atom. The molecule has 0 atom stereocenters. The van der Waals surface area contributed by atoms with E-state index in [9.17, 15) is 5.11 Å². The number of ether oxygens (including phenoxy) is 1. The fraction of sp³-hybridized carbons (Fsp3) is 0.429. The maximum Gasteiger partial charge on any atom is 0.181 e. The largest absolute Gasteiger partial charge is 0.507 e. The molecule has 2 fully saturated rings. The number of hydrogen-bond donors (Lipinski definition) is 1. The van der Waals surface area contributed by atoms with Gasteiger partial charge in [0.1, 0.15) is 11.6 Å². The summed E-state index contributed by atoms with van der Waals surface area (Å²) in [5.74, 6) is 2.14. The minimum atomic E-state index is 0.230. The third kappa shape index (κ3) is 3.38. The second kappa shape index (κ2) is 7.53. The Kier molecular flexibility index (Phi) is 4.73. The second-order valence-corrected chi connectivity index (χ2v) is 7.67. The second-order valence-electron chi connectivity index (χ2n) is 7.67. The third-order valence-corrected chi connectivity index (χ3v) is 5.77. The van der Waals surface area contributed by atoms with E-state index in [0.29, 0.717) is 13.2 Å². The molecule has 2 aliphatic rings. The lowest BCUT2D eigenvalue weighted by molar-refractivity contribution is 0.122. The van der Waals surface area contributed by atoms with E-state index in [1.165, 1.54) is 0 Å². The molecule has 0 radical (unpaired) electrons. The molecule has 3 aromatic rings. The van der Waals surface area contributed by atoms with Gasteiger partial charge in [-0.25, -0.2) is 9.97 Å². The first-order chi connectivity index (χ1) is 14.2. The van der Waals surface area contributed by atoms with Crippen molar-refractivity contribution in [3.05, 3.63) is 36.7 Å². The number of fused-ring (bicyclic) bond motifs is 1. The summed E-state index contributed by atoms with van der Waals surface area (Å²) in [7, 11) is 2.16. The van der Waals surface area contributed by atoms with Crippen LogP contribution in [0.3, 0.4) is 0 Å². The maximum absolute atomic E-state index is 10.4. The zero-order valence-corrected chi connectivity index (χ0v) is 16.7. The van der Waals surface area contributed by atoms with Gasteiger partial charge >= 0.3 is 0 Å². The molecule has 29 heavy (non-hydrogen) atoms. The van der Waals surface area contributed by atoms with Gasteiger partial charge in [-0.2, -0.15) is 0 Å². The Balaban J connectivity index is 1.65. The van der Waals surface area contributed by atoms with Gasteiger partial charge in [-0.1, -0.05) is 12.1 Å². The molecule has 8 heteroatoms. The molecule has 2 aromatic heterocycles. The molecule has 152 valence electrons. The first-order valence-electron chi connectivity index (χ1n) is 10.1. The predicted molar refractivity (Wildman–Crippen MR) is 113 cm³/mol. The number of hydrogen-bond acceptors (Lipinski definition) is 7. The van der Waals surface area contributed by atoms with Crippen LogP contribution in [0.5, 0.6) is 5.75 Å². The number of benzene rings is 1. The molecule has 0 unspecified atom stereocenters. The van der Waals surface area contributed by atoms with Gasteiger partial charge in [-0.15, -0.1) is 0 Å². The summed E-state index contributed by atoms with van der Waals surface area (Å²) in [6.45, 7) is 6.91. The van der Waals surface area contributed by atoms with E-state index in [4.69, 9.17) is 14.7 Å². The molecule has 0 spiro atoms. The topological polar surface area (TPSA) is 69.4 Å². The summed E-state index contributed by atoms with van der Waals surface area (Å²) >= 11 is 0. The Labute approximate surface area is 170 Å². The van der Waals surface area contributed by atoms with E-state index in [1.54, 1.807) is 6.07 Å². The van der Waals surface area contributed by atoms with Gasteiger partial charge in [-0.05, 0) is 19.2 Å². The molecule has 0 aliphatic carbocycles. The average molecular weight is 394 g/mol. The molecule has 4 heterocycles. The van der Waals surface area contributed by atoms with Gasteiger partial charge in [0.2, 0.25) is 0 Å². The number of imidazole rings is 1.